The summed E-state index contributed by atoms with van der Waals surface area (Å²) < 4.78 is 0.992. The van der Waals surface area contributed by atoms with Gasteiger partial charge in [-0.3, -0.25) is 0 Å². The van der Waals surface area contributed by atoms with E-state index < -0.39 is 6.10 Å². The van der Waals surface area contributed by atoms with Crippen molar-refractivity contribution >= 4 is 15.9 Å². The molecule has 106 valence electrons. The molecule has 1 saturated carbocycles. The zero-order valence-electron chi connectivity index (χ0n) is 11.8. The van der Waals surface area contributed by atoms with E-state index in [0.717, 1.165) is 22.9 Å². The minimum atomic E-state index is -0.477. The molecule has 1 aliphatic rings. The molecule has 3 heteroatoms. The summed E-state index contributed by atoms with van der Waals surface area (Å²) in [6.07, 6.45) is 3.98. The van der Waals surface area contributed by atoms with Crippen LogP contribution in [0, 0.1) is 18.3 Å². The molecule has 1 fully saturated rings. The van der Waals surface area contributed by atoms with Gasteiger partial charge in [-0.2, -0.15) is 0 Å². The molecule has 1 aromatic rings. The number of halogens is 1. The highest BCUT2D eigenvalue weighted by molar-refractivity contribution is 9.10. The second-order valence-corrected chi connectivity index (χ2v) is 7.05. The van der Waals surface area contributed by atoms with Crippen molar-refractivity contribution in [3.63, 3.8) is 0 Å². The van der Waals surface area contributed by atoms with E-state index in [4.69, 9.17) is 5.73 Å². The Bertz CT molecular complexity index is 448. The number of rotatable bonds is 3. The molecule has 0 bridgehead atoms. The fourth-order valence-electron chi connectivity index (χ4n) is 3.43. The number of aryl methyl sites for hydroxylation is 1. The summed E-state index contributed by atoms with van der Waals surface area (Å²) >= 11 is 3.58. The standard InChI is InChI=1S/C16H24BrNO/c1-11-5-6-13(14(17)8-11)15(19)16(10-18)7-3-4-12(2)9-16/h5-6,8,12,15,19H,3-4,7,9-10,18H2,1-2H3. The van der Waals surface area contributed by atoms with Crippen LogP contribution in [0.4, 0.5) is 0 Å². The first kappa shape index (κ1) is 15.0. The molecular weight excluding hydrogens is 302 g/mol. The molecule has 19 heavy (non-hydrogen) atoms. The quantitative estimate of drug-likeness (QED) is 0.883. The van der Waals surface area contributed by atoms with Crippen LogP contribution in [-0.2, 0) is 0 Å². The molecule has 0 radical (unpaired) electrons. The smallest absolute Gasteiger partial charge is 0.0869 e. The average molecular weight is 326 g/mol. The number of hydrogen-bond donors (Lipinski definition) is 2. The number of hydrogen-bond acceptors (Lipinski definition) is 2. The van der Waals surface area contributed by atoms with E-state index in [0.29, 0.717) is 12.5 Å². The van der Waals surface area contributed by atoms with Gasteiger partial charge in [0.05, 0.1) is 6.10 Å². The SMILES string of the molecule is Cc1ccc(C(O)C2(CN)CCCC(C)C2)c(Br)c1. The lowest BCUT2D eigenvalue weighted by atomic mass is 9.65. The summed E-state index contributed by atoms with van der Waals surface area (Å²) in [5.74, 6) is 0.649. The van der Waals surface area contributed by atoms with Crippen molar-refractivity contribution in [2.45, 2.75) is 45.6 Å². The third kappa shape index (κ3) is 3.04. The predicted octanol–water partition coefficient (Wildman–Crippen LogP) is 3.95. The van der Waals surface area contributed by atoms with E-state index in [2.05, 4.69) is 41.9 Å². The first-order chi connectivity index (χ1) is 8.98. The first-order valence-electron chi connectivity index (χ1n) is 7.13. The van der Waals surface area contributed by atoms with Gasteiger partial charge in [0, 0.05) is 16.4 Å². The lowest BCUT2D eigenvalue weighted by Crippen LogP contribution is -2.40. The van der Waals surface area contributed by atoms with Crippen LogP contribution in [0.1, 0.15) is 49.8 Å². The Morgan fingerprint density at radius 3 is 2.84 bits per heavy atom. The summed E-state index contributed by atoms with van der Waals surface area (Å²) in [6.45, 7) is 4.88. The molecule has 0 aliphatic heterocycles. The zero-order valence-corrected chi connectivity index (χ0v) is 13.4. The molecule has 2 nitrogen and oxygen atoms in total. The van der Waals surface area contributed by atoms with E-state index in [9.17, 15) is 5.11 Å². The Morgan fingerprint density at radius 2 is 2.26 bits per heavy atom. The second-order valence-electron chi connectivity index (χ2n) is 6.20. The van der Waals surface area contributed by atoms with Crippen LogP contribution in [0.2, 0.25) is 0 Å². The number of benzene rings is 1. The monoisotopic (exact) mass is 325 g/mol. The highest BCUT2D eigenvalue weighted by atomic mass is 79.9. The Labute approximate surface area is 124 Å². The maximum Gasteiger partial charge on any atom is 0.0869 e. The van der Waals surface area contributed by atoms with Crippen LogP contribution >= 0.6 is 15.9 Å². The van der Waals surface area contributed by atoms with Gasteiger partial charge < -0.3 is 10.8 Å². The normalized spacial score (nSPS) is 29.2. The molecule has 3 atom stereocenters. The molecule has 0 spiro atoms. The average Bonchev–Trinajstić information content (AvgIpc) is 2.38. The Kier molecular flexibility index (Phi) is 4.70. The molecule has 1 aromatic carbocycles. The van der Waals surface area contributed by atoms with Crippen LogP contribution < -0.4 is 5.73 Å². The summed E-state index contributed by atoms with van der Waals surface area (Å²) in [5.41, 5.74) is 8.06. The summed E-state index contributed by atoms with van der Waals surface area (Å²) in [4.78, 5) is 0. The minimum absolute atomic E-state index is 0.157. The maximum absolute atomic E-state index is 10.9. The molecule has 0 aromatic heterocycles. The molecular formula is C16H24BrNO. The minimum Gasteiger partial charge on any atom is -0.388 e. The Hall–Kier alpha value is -0.380. The van der Waals surface area contributed by atoms with Crippen LogP contribution in [0.25, 0.3) is 0 Å². The van der Waals surface area contributed by atoms with Gasteiger partial charge >= 0.3 is 0 Å². The first-order valence-corrected chi connectivity index (χ1v) is 7.92. The van der Waals surface area contributed by atoms with Crippen LogP contribution in [-0.4, -0.2) is 11.7 Å². The van der Waals surface area contributed by atoms with Crippen molar-refractivity contribution in [3.8, 4) is 0 Å². The second kappa shape index (κ2) is 5.94. The largest absolute Gasteiger partial charge is 0.388 e. The Morgan fingerprint density at radius 1 is 1.53 bits per heavy atom. The van der Waals surface area contributed by atoms with E-state index in [-0.39, 0.29) is 5.41 Å². The number of aliphatic hydroxyl groups excluding tert-OH is 1. The highest BCUT2D eigenvalue weighted by Gasteiger charge is 2.41. The van der Waals surface area contributed by atoms with Gasteiger partial charge in [-0.15, -0.1) is 0 Å². The van der Waals surface area contributed by atoms with Crippen LogP contribution in [0.15, 0.2) is 22.7 Å². The van der Waals surface area contributed by atoms with Crippen LogP contribution in [0.5, 0.6) is 0 Å². The van der Waals surface area contributed by atoms with Crippen molar-refractivity contribution in [2.24, 2.45) is 17.1 Å². The van der Waals surface area contributed by atoms with Crippen molar-refractivity contribution in [3.05, 3.63) is 33.8 Å². The number of aliphatic hydroxyl groups is 1. The molecule has 3 unspecified atom stereocenters. The maximum atomic E-state index is 10.9. The summed E-state index contributed by atoms with van der Waals surface area (Å²) in [7, 11) is 0. The van der Waals surface area contributed by atoms with Crippen molar-refractivity contribution in [2.75, 3.05) is 6.54 Å². The number of nitrogens with two attached hydrogens (primary N) is 1. The van der Waals surface area contributed by atoms with Gasteiger partial charge in [-0.25, -0.2) is 0 Å². The fraction of sp³-hybridized carbons (Fsp3) is 0.625. The van der Waals surface area contributed by atoms with Crippen molar-refractivity contribution in [1.29, 1.82) is 0 Å². The fourth-order valence-corrected chi connectivity index (χ4v) is 4.14. The highest BCUT2D eigenvalue weighted by Crippen LogP contribution is 2.48. The van der Waals surface area contributed by atoms with Gasteiger partial charge in [0.15, 0.2) is 0 Å². The molecule has 0 heterocycles. The molecule has 1 aliphatic carbocycles. The van der Waals surface area contributed by atoms with Gasteiger partial charge in [0.2, 0.25) is 0 Å². The summed E-state index contributed by atoms with van der Waals surface area (Å²) in [6, 6.07) is 6.15. The molecule has 0 saturated heterocycles. The molecule has 2 rings (SSSR count). The zero-order chi connectivity index (χ0) is 14.0. The van der Waals surface area contributed by atoms with Gasteiger partial charge in [0.1, 0.15) is 0 Å². The van der Waals surface area contributed by atoms with E-state index in [1.165, 1.54) is 18.4 Å². The van der Waals surface area contributed by atoms with E-state index in [1.54, 1.807) is 0 Å². The van der Waals surface area contributed by atoms with E-state index >= 15 is 0 Å². The van der Waals surface area contributed by atoms with Gasteiger partial charge in [-0.1, -0.05) is 47.8 Å². The molecule has 3 N–H and O–H groups in total. The van der Waals surface area contributed by atoms with Crippen molar-refractivity contribution in [1.82, 2.24) is 0 Å². The van der Waals surface area contributed by atoms with Gasteiger partial charge in [0.25, 0.3) is 0 Å². The molecule has 0 amide bonds. The van der Waals surface area contributed by atoms with Crippen molar-refractivity contribution < 1.29 is 5.11 Å². The van der Waals surface area contributed by atoms with E-state index in [1.807, 2.05) is 6.07 Å². The third-order valence-corrected chi connectivity index (χ3v) is 5.25. The predicted molar refractivity (Wildman–Crippen MR) is 83.0 cm³/mol. The third-order valence-electron chi connectivity index (χ3n) is 4.56. The summed E-state index contributed by atoms with van der Waals surface area (Å²) in [5, 5.41) is 10.9. The topological polar surface area (TPSA) is 46.2 Å². The van der Waals surface area contributed by atoms with Gasteiger partial charge in [-0.05, 0) is 42.9 Å². The van der Waals surface area contributed by atoms with Crippen LogP contribution in [0.3, 0.4) is 0 Å². The Balaban J connectivity index is 2.32. The lowest BCUT2D eigenvalue weighted by Gasteiger charge is -2.43. The lowest BCUT2D eigenvalue weighted by molar-refractivity contribution is -0.0135.